The predicted octanol–water partition coefficient (Wildman–Crippen LogP) is 1.12. The minimum Gasteiger partial charge on any atom is -0.460 e. The van der Waals surface area contributed by atoms with Gasteiger partial charge in [-0.15, -0.1) is 0 Å². The molecule has 0 amide bonds. The number of ether oxygens (including phenoxy) is 2. The van der Waals surface area contributed by atoms with Crippen LogP contribution >= 0.6 is 0 Å². The van der Waals surface area contributed by atoms with Gasteiger partial charge in [-0.05, 0) is 27.7 Å². The molecule has 0 aromatic rings. The number of hydrogen-bond acceptors (Lipinski definition) is 5. The minimum absolute atomic E-state index is 0.170. The van der Waals surface area contributed by atoms with Crippen LogP contribution in [0, 0.1) is 0 Å². The van der Waals surface area contributed by atoms with E-state index in [1.54, 1.807) is 20.8 Å². The van der Waals surface area contributed by atoms with Crippen molar-refractivity contribution in [3.05, 3.63) is 12.2 Å². The highest BCUT2D eigenvalue weighted by Gasteiger charge is 2.20. The summed E-state index contributed by atoms with van der Waals surface area (Å²) < 4.78 is 9.75. The van der Waals surface area contributed by atoms with Crippen LogP contribution in [0.3, 0.4) is 0 Å². The second-order valence-corrected chi connectivity index (χ2v) is 4.51. The van der Waals surface area contributed by atoms with Crippen molar-refractivity contribution in [2.45, 2.75) is 45.9 Å². The first-order valence-electron chi connectivity index (χ1n) is 4.96. The number of esters is 2. The van der Waals surface area contributed by atoms with Crippen molar-refractivity contribution in [1.82, 2.24) is 0 Å². The third-order valence-corrected chi connectivity index (χ3v) is 1.39. The molecule has 0 rings (SSSR count). The zero-order chi connectivity index (χ0) is 12.9. The van der Waals surface area contributed by atoms with E-state index in [1.807, 2.05) is 0 Å². The zero-order valence-electron chi connectivity index (χ0n) is 10.2. The summed E-state index contributed by atoms with van der Waals surface area (Å²) in [6.07, 6.45) is -1.17. The zero-order valence-corrected chi connectivity index (χ0v) is 10.2. The lowest BCUT2D eigenvalue weighted by atomic mass is 10.2. The molecular weight excluding hydrogens is 210 g/mol. The molecule has 1 unspecified atom stereocenters. The van der Waals surface area contributed by atoms with Crippen LogP contribution in [0.1, 0.15) is 34.1 Å². The molecule has 5 nitrogen and oxygen atoms in total. The van der Waals surface area contributed by atoms with Crippen molar-refractivity contribution in [3.8, 4) is 0 Å². The van der Waals surface area contributed by atoms with Gasteiger partial charge < -0.3 is 9.47 Å². The first-order chi connectivity index (χ1) is 7.11. The second kappa shape index (κ2) is 5.65. The maximum Gasteiger partial charge on any atom is 0.334 e. The lowest BCUT2D eigenvalue weighted by Gasteiger charge is -2.20. The third kappa shape index (κ3) is 7.00. The Morgan fingerprint density at radius 3 is 2.25 bits per heavy atom. The largest absolute Gasteiger partial charge is 0.460 e. The van der Waals surface area contributed by atoms with Crippen LogP contribution in [0.5, 0.6) is 0 Å². The molecule has 0 fully saturated rings. The number of rotatable bonds is 4. The standard InChI is InChI=1S/C11H19NO4/c1-7(2)10(14)15-8(12)6-9(13)16-11(3,4)5/h8H,1,6,12H2,2-5H3. The van der Waals surface area contributed by atoms with Crippen molar-refractivity contribution in [2.24, 2.45) is 5.73 Å². The number of nitrogens with two attached hydrogens (primary N) is 1. The van der Waals surface area contributed by atoms with E-state index in [2.05, 4.69) is 6.58 Å². The van der Waals surface area contributed by atoms with Gasteiger partial charge in [0.05, 0.1) is 6.42 Å². The molecule has 0 saturated carbocycles. The van der Waals surface area contributed by atoms with E-state index in [9.17, 15) is 9.59 Å². The maximum absolute atomic E-state index is 11.3. The van der Waals surface area contributed by atoms with Gasteiger partial charge in [0.1, 0.15) is 5.60 Å². The molecule has 1 atom stereocenters. The van der Waals surface area contributed by atoms with Crippen molar-refractivity contribution in [2.75, 3.05) is 0 Å². The summed E-state index contributed by atoms with van der Waals surface area (Å²) in [5.74, 6) is -1.12. The first-order valence-corrected chi connectivity index (χ1v) is 4.96. The molecule has 0 radical (unpaired) electrons. The Labute approximate surface area is 95.6 Å². The maximum atomic E-state index is 11.3. The summed E-state index contributed by atoms with van der Waals surface area (Å²) in [5.41, 5.74) is 5.11. The summed E-state index contributed by atoms with van der Waals surface area (Å²) in [6, 6.07) is 0. The Bertz CT molecular complexity index is 291. The molecule has 0 aliphatic heterocycles. The molecule has 0 aliphatic carbocycles. The fourth-order valence-electron chi connectivity index (χ4n) is 0.827. The summed E-state index contributed by atoms with van der Waals surface area (Å²) in [7, 11) is 0. The van der Waals surface area contributed by atoms with Gasteiger partial charge in [0.15, 0.2) is 6.23 Å². The van der Waals surface area contributed by atoms with Gasteiger partial charge in [0, 0.05) is 5.57 Å². The van der Waals surface area contributed by atoms with E-state index in [4.69, 9.17) is 15.2 Å². The van der Waals surface area contributed by atoms with Crippen molar-refractivity contribution in [1.29, 1.82) is 0 Å². The van der Waals surface area contributed by atoms with Crippen LogP contribution in [0.4, 0.5) is 0 Å². The monoisotopic (exact) mass is 229 g/mol. The highest BCUT2D eigenvalue weighted by atomic mass is 16.6. The Morgan fingerprint density at radius 2 is 1.88 bits per heavy atom. The molecule has 0 aromatic carbocycles. The van der Waals surface area contributed by atoms with Crippen LogP contribution in [0.2, 0.25) is 0 Å². The normalized spacial score (nSPS) is 12.8. The van der Waals surface area contributed by atoms with E-state index >= 15 is 0 Å². The lowest BCUT2D eigenvalue weighted by Crippen LogP contribution is -2.33. The van der Waals surface area contributed by atoms with Gasteiger partial charge in [-0.3, -0.25) is 10.5 Å². The number of carbonyl (C=O) groups excluding carboxylic acids is 2. The molecule has 0 aromatic heterocycles. The fraction of sp³-hybridized carbons (Fsp3) is 0.636. The van der Waals surface area contributed by atoms with Crippen molar-refractivity contribution < 1.29 is 19.1 Å². The van der Waals surface area contributed by atoms with Gasteiger partial charge in [0.25, 0.3) is 0 Å². The molecular formula is C11H19NO4. The van der Waals surface area contributed by atoms with E-state index < -0.39 is 23.8 Å². The number of hydrogen-bond donors (Lipinski definition) is 1. The molecule has 0 saturated heterocycles. The van der Waals surface area contributed by atoms with E-state index in [1.165, 1.54) is 6.92 Å². The van der Waals surface area contributed by atoms with Crippen LogP contribution in [-0.2, 0) is 19.1 Å². The molecule has 16 heavy (non-hydrogen) atoms. The topological polar surface area (TPSA) is 78.6 Å². The minimum atomic E-state index is -1.00. The fourth-order valence-corrected chi connectivity index (χ4v) is 0.827. The van der Waals surface area contributed by atoms with Crippen LogP contribution < -0.4 is 5.73 Å². The van der Waals surface area contributed by atoms with Crippen molar-refractivity contribution in [3.63, 3.8) is 0 Å². The Morgan fingerprint density at radius 1 is 1.38 bits per heavy atom. The van der Waals surface area contributed by atoms with Crippen LogP contribution in [0.15, 0.2) is 12.2 Å². The summed E-state index contributed by atoms with van der Waals surface area (Å²) in [5, 5.41) is 0. The summed E-state index contributed by atoms with van der Waals surface area (Å²) in [6.45, 7) is 10.1. The molecule has 92 valence electrons. The molecule has 2 N–H and O–H groups in total. The third-order valence-electron chi connectivity index (χ3n) is 1.39. The highest BCUT2D eigenvalue weighted by molar-refractivity contribution is 5.87. The average Bonchev–Trinajstić information content (AvgIpc) is 1.98. The van der Waals surface area contributed by atoms with Gasteiger partial charge >= 0.3 is 11.9 Å². The van der Waals surface area contributed by atoms with Gasteiger partial charge in [0.2, 0.25) is 0 Å². The predicted molar refractivity (Wildman–Crippen MR) is 59.3 cm³/mol. The average molecular weight is 229 g/mol. The molecule has 0 heterocycles. The number of carbonyl (C=O) groups is 2. The van der Waals surface area contributed by atoms with Gasteiger partial charge in [-0.2, -0.15) is 0 Å². The van der Waals surface area contributed by atoms with Crippen molar-refractivity contribution >= 4 is 11.9 Å². The SMILES string of the molecule is C=C(C)C(=O)OC(N)CC(=O)OC(C)(C)C. The lowest BCUT2D eigenvalue weighted by molar-refractivity contribution is -0.160. The van der Waals surface area contributed by atoms with E-state index in [0.717, 1.165) is 0 Å². The first kappa shape index (κ1) is 14.6. The van der Waals surface area contributed by atoms with Gasteiger partial charge in [-0.25, -0.2) is 4.79 Å². The Kier molecular flexibility index (Phi) is 5.17. The highest BCUT2D eigenvalue weighted by Crippen LogP contribution is 2.09. The summed E-state index contributed by atoms with van der Waals surface area (Å²) in [4.78, 5) is 22.4. The molecule has 0 spiro atoms. The second-order valence-electron chi connectivity index (χ2n) is 4.51. The molecule has 0 bridgehead atoms. The molecule has 5 heteroatoms. The van der Waals surface area contributed by atoms with Crippen LogP contribution in [-0.4, -0.2) is 23.8 Å². The summed E-state index contributed by atoms with van der Waals surface area (Å²) >= 11 is 0. The van der Waals surface area contributed by atoms with Gasteiger partial charge in [-0.1, -0.05) is 6.58 Å². The van der Waals surface area contributed by atoms with E-state index in [0.29, 0.717) is 0 Å². The smallest absolute Gasteiger partial charge is 0.334 e. The molecule has 0 aliphatic rings. The van der Waals surface area contributed by atoms with Crippen LogP contribution in [0.25, 0.3) is 0 Å². The quantitative estimate of drug-likeness (QED) is 0.444. The Balaban J connectivity index is 4.06. The van der Waals surface area contributed by atoms with E-state index in [-0.39, 0.29) is 12.0 Å². The Hall–Kier alpha value is -1.36.